The molecule has 0 heterocycles. The molecular formula is C23H38O4. The quantitative estimate of drug-likeness (QED) is 0.212. The van der Waals surface area contributed by atoms with Gasteiger partial charge in [-0.05, 0) is 44.9 Å². The van der Waals surface area contributed by atoms with Gasteiger partial charge >= 0.3 is 5.97 Å². The van der Waals surface area contributed by atoms with E-state index in [1.807, 2.05) is 0 Å². The largest absolute Gasteiger partial charge is 0.457 e. The van der Waals surface area contributed by atoms with Gasteiger partial charge in [-0.2, -0.15) is 0 Å². The number of ether oxygens (including phenoxy) is 1. The maximum Gasteiger partial charge on any atom is 0.306 e. The number of carbonyl (C=O) groups is 1. The van der Waals surface area contributed by atoms with E-state index in [9.17, 15) is 4.79 Å². The Morgan fingerprint density at radius 1 is 0.778 bits per heavy atom. The van der Waals surface area contributed by atoms with Crippen LogP contribution in [0.15, 0.2) is 48.6 Å². The van der Waals surface area contributed by atoms with Crippen molar-refractivity contribution < 1.29 is 19.7 Å². The predicted molar refractivity (Wildman–Crippen MR) is 112 cm³/mol. The summed E-state index contributed by atoms with van der Waals surface area (Å²) in [5, 5.41) is 17.7. The van der Waals surface area contributed by atoms with E-state index in [4.69, 9.17) is 14.9 Å². The number of aliphatic hydroxyl groups excluding tert-OH is 2. The van der Waals surface area contributed by atoms with Crippen LogP contribution in [0.3, 0.4) is 0 Å². The smallest absolute Gasteiger partial charge is 0.306 e. The van der Waals surface area contributed by atoms with Crippen molar-refractivity contribution in [3.8, 4) is 0 Å². The van der Waals surface area contributed by atoms with Gasteiger partial charge in [0.25, 0.3) is 0 Å². The number of esters is 1. The fraction of sp³-hybridized carbons (Fsp3) is 0.609. The zero-order valence-electron chi connectivity index (χ0n) is 16.9. The van der Waals surface area contributed by atoms with Gasteiger partial charge in [0.15, 0.2) is 0 Å². The molecule has 0 spiro atoms. The molecule has 0 aromatic heterocycles. The second-order valence-electron chi connectivity index (χ2n) is 6.46. The average Bonchev–Trinajstić information content (AvgIpc) is 2.68. The lowest BCUT2D eigenvalue weighted by Crippen LogP contribution is -2.25. The molecule has 0 aromatic carbocycles. The third-order valence-corrected chi connectivity index (χ3v) is 3.91. The van der Waals surface area contributed by atoms with Crippen LogP contribution < -0.4 is 0 Å². The Morgan fingerprint density at radius 2 is 1.26 bits per heavy atom. The summed E-state index contributed by atoms with van der Waals surface area (Å²) >= 11 is 0. The molecule has 2 N–H and O–H groups in total. The van der Waals surface area contributed by atoms with Crippen molar-refractivity contribution in [2.75, 3.05) is 13.2 Å². The summed E-state index contributed by atoms with van der Waals surface area (Å²) in [5.41, 5.74) is 0. The summed E-state index contributed by atoms with van der Waals surface area (Å²) in [6, 6.07) is 0. The van der Waals surface area contributed by atoms with Crippen molar-refractivity contribution in [1.82, 2.24) is 0 Å². The molecule has 0 fully saturated rings. The first-order valence-electron chi connectivity index (χ1n) is 10.3. The van der Waals surface area contributed by atoms with Crippen LogP contribution in [0.25, 0.3) is 0 Å². The molecule has 0 saturated heterocycles. The molecule has 0 aliphatic heterocycles. The van der Waals surface area contributed by atoms with Gasteiger partial charge < -0.3 is 14.9 Å². The predicted octanol–water partition coefficient (Wildman–Crippen LogP) is 5.03. The Morgan fingerprint density at radius 3 is 1.74 bits per heavy atom. The summed E-state index contributed by atoms with van der Waals surface area (Å²) in [5.74, 6) is -0.376. The number of hydrogen-bond acceptors (Lipinski definition) is 4. The van der Waals surface area contributed by atoms with E-state index in [-0.39, 0.29) is 19.2 Å². The Kier molecular flexibility index (Phi) is 19.4. The SMILES string of the molecule is CCCCC/C=C/C/C=C/C/C=C\C/C=C\CCCC(=O)OC(CO)CO. The van der Waals surface area contributed by atoms with Crippen LogP contribution in [0.1, 0.15) is 71.1 Å². The number of rotatable bonds is 17. The van der Waals surface area contributed by atoms with Crippen LogP contribution in [0.5, 0.6) is 0 Å². The Hall–Kier alpha value is -1.65. The molecule has 0 bridgehead atoms. The zero-order chi connectivity index (χ0) is 20.0. The maximum atomic E-state index is 11.4. The molecule has 27 heavy (non-hydrogen) atoms. The van der Waals surface area contributed by atoms with Crippen LogP contribution in [-0.2, 0) is 9.53 Å². The van der Waals surface area contributed by atoms with E-state index in [2.05, 4.69) is 55.5 Å². The number of hydrogen-bond donors (Lipinski definition) is 2. The Labute approximate surface area is 165 Å². The molecule has 0 saturated carbocycles. The summed E-state index contributed by atoms with van der Waals surface area (Å²) in [6.07, 6.45) is 26.3. The normalized spacial score (nSPS) is 12.4. The van der Waals surface area contributed by atoms with Gasteiger partial charge in [-0.3, -0.25) is 4.79 Å². The fourth-order valence-electron chi connectivity index (χ4n) is 2.30. The molecule has 154 valence electrons. The molecule has 0 aliphatic carbocycles. The van der Waals surface area contributed by atoms with E-state index >= 15 is 0 Å². The van der Waals surface area contributed by atoms with Crippen LogP contribution in [-0.4, -0.2) is 35.5 Å². The monoisotopic (exact) mass is 378 g/mol. The van der Waals surface area contributed by atoms with E-state index in [0.717, 1.165) is 25.7 Å². The number of unbranched alkanes of at least 4 members (excludes halogenated alkanes) is 4. The summed E-state index contributed by atoms with van der Waals surface area (Å²) in [4.78, 5) is 11.4. The minimum atomic E-state index is -0.797. The van der Waals surface area contributed by atoms with Crippen molar-refractivity contribution in [2.24, 2.45) is 0 Å². The van der Waals surface area contributed by atoms with Crippen LogP contribution in [0.4, 0.5) is 0 Å². The van der Waals surface area contributed by atoms with E-state index in [0.29, 0.717) is 12.8 Å². The van der Waals surface area contributed by atoms with Crippen LogP contribution in [0.2, 0.25) is 0 Å². The molecule has 0 aromatic rings. The van der Waals surface area contributed by atoms with E-state index < -0.39 is 6.10 Å². The lowest BCUT2D eigenvalue weighted by Gasteiger charge is -2.11. The lowest BCUT2D eigenvalue weighted by atomic mass is 10.2. The van der Waals surface area contributed by atoms with E-state index in [1.54, 1.807) is 0 Å². The minimum absolute atomic E-state index is 0.300. The molecule has 0 rings (SSSR count). The summed E-state index contributed by atoms with van der Waals surface area (Å²) < 4.78 is 4.89. The Balaban J connectivity index is 3.55. The lowest BCUT2D eigenvalue weighted by molar-refractivity contribution is -0.153. The van der Waals surface area contributed by atoms with Crippen molar-refractivity contribution in [2.45, 2.75) is 77.2 Å². The number of allylic oxidation sites excluding steroid dienone is 8. The molecule has 0 radical (unpaired) electrons. The molecule has 0 amide bonds. The fourth-order valence-corrected chi connectivity index (χ4v) is 2.30. The first kappa shape index (κ1) is 25.4. The summed E-state index contributed by atoms with van der Waals surface area (Å²) in [7, 11) is 0. The van der Waals surface area contributed by atoms with Crippen molar-refractivity contribution in [3.63, 3.8) is 0 Å². The zero-order valence-corrected chi connectivity index (χ0v) is 16.9. The first-order valence-corrected chi connectivity index (χ1v) is 10.3. The second kappa shape index (κ2) is 20.7. The number of carbonyl (C=O) groups excluding carboxylic acids is 1. The maximum absolute atomic E-state index is 11.4. The third-order valence-electron chi connectivity index (χ3n) is 3.91. The highest BCUT2D eigenvalue weighted by Crippen LogP contribution is 2.03. The topological polar surface area (TPSA) is 66.8 Å². The van der Waals surface area contributed by atoms with Gasteiger partial charge in [0.05, 0.1) is 13.2 Å². The van der Waals surface area contributed by atoms with Gasteiger partial charge in [0.2, 0.25) is 0 Å². The van der Waals surface area contributed by atoms with Crippen LogP contribution in [0, 0.1) is 0 Å². The molecule has 0 atom stereocenters. The highest BCUT2D eigenvalue weighted by Gasteiger charge is 2.11. The van der Waals surface area contributed by atoms with E-state index in [1.165, 1.54) is 25.7 Å². The van der Waals surface area contributed by atoms with Gasteiger partial charge in [-0.15, -0.1) is 0 Å². The minimum Gasteiger partial charge on any atom is -0.457 e. The average molecular weight is 379 g/mol. The molecule has 0 aliphatic rings. The van der Waals surface area contributed by atoms with Crippen molar-refractivity contribution in [3.05, 3.63) is 48.6 Å². The number of aliphatic hydroxyl groups is 2. The molecule has 0 unspecified atom stereocenters. The van der Waals surface area contributed by atoms with Crippen LogP contribution >= 0.6 is 0 Å². The molecule has 4 nitrogen and oxygen atoms in total. The Bertz CT molecular complexity index is 445. The second-order valence-corrected chi connectivity index (χ2v) is 6.46. The van der Waals surface area contributed by atoms with Gasteiger partial charge in [0.1, 0.15) is 6.10 Å². The van der Waals surface area contributed by atoms with Crippen molar-refractivity contribution in [1.29, 1.82) is 0 Å². The van der Waals surface area contributed by atoms with Crippen molar-refractivity contribution >= 4 is 5.97 Å². The standard InChI is InChI=1S/C23H38O4/c1-2-3-4-5-6-7-8-9-10-11-12-13-14-15-16-17-18-19-23(26)27-22(20-24)21-25/h6-7,9-10,12-13,15-16,22,24-25H,2-5,8,11,14,17-21H2,1H3/b7-6+,10-9+,13-12-,16-15-. The summed E-state index contributed by atoms with van der Waals surface area (Å²) in [6.45, 7) is 1.53. The highest BCUT2D eigenvalue weighted by atomic mass is 16.6. The van der Waals surface area contributed by atoms with Gasteiger partial charge in [-0.25, -0.2) is 0 Å². The highest BCUT2D eigenvalue weighted by molar-refractivity contribution is 5.69. The third kappa shape index (κ3) is 18.9. The molecular weight excluding hydrogens is 340 g/mol. The van der Waals surface area contributed by atoms with Gasteiger partial charge in [-0.1, -0.05) is 68.4 Å². The van der Waals surface area contributed by atoms with Gasteiger partial charge in [0, 0.05) is 6.42 Å². The first-order chi connectivity index (χ1) is 13.2. The molecule has 4 heteroatoms.